The Morgan fingerprint density at radius 3 is 2.63 bits per heavy atom. The fraction of sp³-hybridized carbons (Fsp3) is 0.615. The van der Waals surface area contributed by atoms with Crippen LogP contribution in [0.4, 0.5) is 0 Å². The molecule has 0 fully saturated rings. The molecule has 19 heavy (non-hydrogen) atoms. The quantitative estimate of drug-likeness (QED) is 0.781. The predicted octanol–water partition coefficient (Wildman–Crippen LogP) is 1.36. The van der Waals surface area contributed by atoms with Crippen molar-refractivity contribution in [3.63, 3.8) is 0 Å². The molecule has 0 aliphatic rings. The van der Waals surface area contributed by atoms with Gasteiger partial charge in [0.05, 0.1) is 5.69 Å². The number of aryl methyl sites for hydroxylation is 2. The lowest BCUT2D eigenvalue weighted by Crippen LogP contribution is -2.41. The molecule has 0 aliphatic heterocycles. The zero-order valence-corrected chi connectivity index (χ0v) is 11.6. The van der Waals surface area contributed by atoms with E-state index in [1.807, 2.05) is 13.8 Å². The fourth-order valence-corrected chi connectivity index (χ4v) is 1.81. The predicted molar refractivity (Wildman–Crippen MR) is 71.0 cm³/mol. The summed E-state index contributed by atoms with van der Waals surface area (Å²) in [6.07, 6.45) is 2.84. The van der Waals surface area contributed by atoms with Gasteiger partial charge in [-0.25, -0.2) is 4.79 Å². The molecular formula is C13H21N3O3. The lowest BCUT2D eigenvalue weighted by Gasteiger charge is -2.13. The third-order valence-corrected chi connectivity index (χ3v) is 2.98. The van der Waals surface area contributed by atoms with Crippen molar-refractivity contribution >= 4 is 11.9 Å². The maximum Gasteiger partial charge on any atom is 0.326 e. The normalized spacial score (nSPS) is 12.2. The van der Waals surface area contributed by atoms with E-state index in [2.05, 4.69) is 10.4 Å². The summed E-state index contributed by atoms with van der Waals surface area (Å²) >= 11 is 0. The molecule has 0 saturated heterocycles. The molecule has 0 bridgehead atoms. The number of aromatic nitrogens is 2. The molecule has 0 saturated carbocycles. The first-order chi connectivity index (χ1) is 8.99. The number of aliphatic carboxylic acids is 1. The number of carboxylic acid groups (broad SMARTS) is 1. The summed E-state index contributed by atoms with van der Waals surface area (Å²) in [5.74, 6) is -1.39. The number of hydrogen-bond donors (Lipinski definition) is 2. The van der Waals surface area contributed by atoms with Gasteiger partial charge in [0.25, 0.3) is 5.91 Å². The monoisotopic (exact) mass is 267 g/mol. The van der Waals surface area contributed by atoms with Gasteiger partial charge in [0, 0.05) is 7.05 Å². The molecule has 0 spiro atoms. The molecule has 1 rings (SSSR count). The number of rotatable bonds is 7. The first-order valence-electron chi connectivity index (χ1n) is 6.56. The number of carbonyl (C=O) groups excluding carboxylic acids is 1. The molecule has 0 aromatic carbocycles. The number of unbranched alkanes of at least 4 members (excludes halogenated alkanes) is 1. The second-order valence-corrected chi connectivity index (χ2v) is 4.50. The molecule has 6 nitrogen and oxygen atoms in total. The van der Waals surface area contributed by atoms with Crippen LogP contribution in [0.1, 0.15) is 49.3 Å². The van der Waals surface area contributed by atoms with Crippen molar-refractivity contribution in [2.75, 3.05) is 0 Å². The van der Waals surface area contributed by atoms with Crippen molar-refractivity contribution in [2.45, 2.75) is 45.6 Å². The molecule has 1 aromatic rings. The molecule has 1 atom stereocenters. The summed E-state index contributed by atoms with van der Waals surface area (Å²) in [6.45, 7) is 3.93. The van der Waals surface area contributed by atoms with Crippen molar-refractivity contribution in [1.29, 1.82) is 0 Å². The van der Waals surface area contributed by atoms with Crippen LogP contribution in [0.2, 0.25) is 0 Å². The van der Waals surface area contributed by atoms with Gasteiger partial charge in [0.1, 0.15) is 11.7 Å². The number of carboxylic acids is 1. The summed E-state index contributed by atoms with van der Waals surface area (Å²) in [7, 11) is 1.68. The van der Waals surface area contributed by atoms with Crippen LogP contribution >= 0.6 is 0 Å². The molecule has 1 amide bonds. The Morgan fingerprint density at radius 1 is 1.47 bits per heavy atom. The molecule has 106 valence electrons. The molecule has 1 heterocycles. The van der Waals surface area contributed by atoms with Crippen LogP contribution in [0, 0.1) is 0 Å². The zero-order chi connectivity index (χ0) is 14.4. The van der Waals surface area contributed by atoms with Crippen molar-refractivity contribution in [3.8, 4) is 0 Å². The van der Waals surface area contributed by atoms with Crippen LogP contribution in [0.15, 0.2) is 6.07 Å². The summed E-state index contributed by atoms with van der Waals surface area (Å²) in [4.78, 5) is 23.1. The minimum atomic E-state index is -1.00. The Bertz CT molecular complexity index is 454. The molecule has 1 unspecified atom stereocenters. The van der Waals surface area contributed by atoms with Gasteiger partial charge in [-0.1, -0.05) is 26.7 Å². The van der Waals surface area contributed by atoms with Crippen LogP contribution in [-0.2, 0) is 18.3 Å². The Labute approximate surface area is 112 Å². The van der Waals surface area contributed by atoms with Gasteiger partial charge in [0.2, 0.25) is 0 Å². The lowest BCUT2D eigenvalue weighted by molar-refractivity contribution is -0.139. The van der Waals surface area contributed by atoms with Crippen LogP contribution in [0.5, 0.6) is 0 Å². The first kappa shape index (κ1) is 15.2. The van der Waals surface area contributed by atoms with Crippen LogP contribution in [-0.4, -0.2) is 32.8 Å². The zero-order valence-electron chi connectivity index (χ0n) is 11.6. The Balaban J connectivity index is 2.75. The summed E-state index contributed by atoms with van der Waals surface area (Å²) in [6, 6.07) is 0.848. The van der Waals surface area contributed by atoms with Crippen LogP contribution in [0.25, 0.3) is 0 Å². The summed E-state index contributed by atoms with van der Waals surface area (Å²) < 4.78 is 1.48. The SMILES string of the molecule is CCCCC(NC(=O)c1cc(CC)nn1C)C(=O)O. The van der Waals surface area contributed by atoms with E-state index >= 15 is 0 Å². The molecule has 0 radical (unpaired) electrons. The highest BCUT2D eigenvalue weighted by molar-refractivity contribution is 5.95. The molecular weight excluding hydrogens is 246 g/mol. The van der Waals surface area contributed by atoms with E-state index in [9.17, 15) is 9.59 Å². The van der Waals surface area contributed by atoms with Crippen LogP contribution in [0.3, 0.4) is 0 Å². The standard InChI is InChI=1S/C13H21N3O3/c1-4-6-7-10(13(18)19)14-12(17)11-8-9(5-2)15-16(11)3/h8,10H,4-7H2,1-3H3,(H,14,17)(H,18,19). The van der Waals surface area contributed by atoms with Gasteiger partial charge in [-0.2, -0.15) is 5.10 Å². The van der Waals surface area contributed by atoms with Crippen molar-refractivity contribution in [2.24, 2.45) is 7.05 Å². The third kappa shape index (κ3) is 4.08. The second kappa shape index (κ2) is 6.92. The highest BCUT2D eigenvalue weighted by Gasteiger charge is 2.21. The largest absolute Gasteiger partial charge is 0.480 e. The van der Waals surface area contributed by atoms with E-state index in [1.165, 1.54) is 4.68 Å². The first-order valence-corrected chi connectivity index (χ1v) is 6.56. The molecule has 2 N–H and O–H groups in total. The number of hydrogen-bond acceptors (Lipinski definition) is 3. The Kier molecular flexibility index (Phi) is 5.54. The third-order valence-electron chi connectivity index (χ3n) is 2.98. The average molecular weight is 267 g/mol. The minimum absolute atomic E-state index is 0.389. The summed E-state index contributed by atoms with van der Waals surface area (Å²) in [5, 5.41) is 15.8. The number of nitrogens with zero attached hydrogens (tertiary/aromatic N) is 2. The van der Waals surface area contributed by atoms with Crippen LogP contribution < -0.4 is 5.32 Å². The van der Waals surface area contributed by atoms with Gasteiger partial charge in [-0.15, -0.1) is 0 Å². The van der Waals surface area contributed by atoms with Crippen molar-refractivity contribution < 1.29 is 14.7 Å². The fourth-order valence-electron chi connectivity index (χ4n) is 1.81. The highest BCUT2D eigenvalue weighted by atomic mass is 16.4. The minimum Gasteiger partial charge on any atom is -0.480 e. The smallest absolute Gasteiger partial charge is 0.326 e. The topological polar surface area (TPSA) is 84.2 Å². The average Bonchev–Trinajstić information content (AvgIpc) is 2.75. The molecule has 6 heteroatoms. The van der Waals surface area contributed by atoms with E-state index in [1.54, 1.807) is 13.1 Å². The van der Waals surface area contributed by atoms with Gasteiger partial charge in [-0.05, 0) is 18.9 Å². The van der Waals surface area contributed by atoms with E-state index in [0.29, 0.717) is 12.1 Å². The highest BCUT2D eigenvalue weighted by Crippen LogP contribution is 2.06. The van der Waals surface area contributed by atoms with Gasteiger partial charge in [0.15, 0.2) is 0 Å². The number of amides is 1. The molecule has 0 aliphatic carbocycles. The van der Waals surface area contributed by atoms with Crippen molar-refractivity contribution in [1.82, 2.24) is 15.1 Å². The maximum atomic E-state index is 12.0. The van der Waals surface area contributed by atoms with Gasteiger partial charge >= 0.3 is 5.97 Å². The molecule has 1 aromatic heterocycles. The second-order valence-electron chi connectivity index (χ2n) is 4.50. The van der Waals surface area contributed by atoms with E-state index in [0.717, 1.165) is 25.0 Å². The van der Waals surface area contributed by atoms with Gasteiger partial charge < -0.3 is 10.4 Å². The van der Waals surface area contributed by atoms with Crippen molar-refractivity contribution in [3.05, 3.63) is 17.5 Å². The maximum absolute atomic E-state index is 12.0. The van der Waals surface area contributed by atoms with Gasteiger partial charge in [-0.3, -0.25) is 9.48 Å². The number of carbonyl (C=O) groups is 2. The van der Waals surface area contributed by atoms with E-state index in [4.69, 9.17) is 5.11 Å². The lowest BCUT2D eigenvalue weighted by atomic mass is 10.1. The summed E-state index contributed by atoms with van der Waals surface area (Å²) in [5.41, 5.74) is 1.20. The van der Waals surface area contributed by atoms with E-state index in [-0.39, 0.29) is 0 Å². The van der Waals surface area contributed by atoms with E-state index < -0.39 is 17.9 Å². The Hall–Kier alpha value is -1.85. The number of nitrogens with one attached hydrogen (secondary N) is 1. The Morgan fingerprint density at radius 2 is 2.16 bits per heavy atom.